The average molecular weight is 377 g/mol. The Morgan fingerprint density at radius 3 is 2.32 bits per heavy atom. The molecule has 0 saturated carbocycles. The summed E-state index contributed by atoms with van der Waals surface area (Å²) in [6.45, 7) is 2.17. The smallest absolute Gasteiger partial charge is 0.252 e. The van der Waals surface area contributed by atoms with Crippen molar-refractivity contribution in [1.29, 1.82) is 0 Å². The number of benzene rings is 1. The van der Waals surface area contributed by atoms with E-state index in [1.807, 2.05) is 24.3 Å². The minimum atomic E-state index is -3.44. The number of rotatable bonds is 3. The first-order valence-electron chi connectivity index (χ1n) is 6.73. The van der Waals surface area contributed by atoms with Crippen molar-refractivity contribution < 1.29 is 8.42 Å². The third-order valence-corrected chi connectivity index (χ3v) is 7.39. The molecular formula is C14H14Cl2N2O2S2. The van der Waals surface area contributed by atoms with Crippen molar-refractivity contribution in [2.45, 2.75) is 4.21 Å². The predicted octanol–water partition coefficient (Wildman–Crippen LogP) is 3.57. The molecule has 1 saturated heterocycles. The number of sulfonamides is 1. The van der Waals surface area contributed by atoms with Crippen molar-refractivity contribution in [3.8, 4) is 0 Å². The molecule has 0 aliphatic carbocycles. The van der Waals surface area contributed by atoms with E-state index in [-0.39, 0.29) is 0 Å². The van der Waals surface area contributed by atoms with Crippen molar-refractivity contribution >= 4 is 50.2 Å². The Balaban J connectivity index is 1.72. The molecule has 0 amide bonds. The molecule has 1 aromatic carbocycles. The minimum absolute atomic E-state index is 0.300. The summed E-state index contributed by atoms with van der Waals surface area (Å²) in [5, 5.41) is 0.681. The van der Waals surface area contributed by atoms with Gasteiger partial charge < -0.3 is 4.90 Å². The normalized spacial score (nSPS) is 16.9. The van der Waals surface area contributed by atoms with Gasteiger partial charge in [0.25, 0.3) is 10.0 Å². The highest BCUT2D eigenvalue weighted by Crippen LogP contribution is 2.29. The van der Waals surface area contributed by atoms with Gasteiger partial charge in [0, 0.05) is 36.9 Å². The van der Waals surface area contributed by atoms with Gasteiger partial charge in [0.05, 0.1) is 4.34 Å². The Labute approximate surface area is 143 Å². The second-order valence-corrected chi connectivity index (χ2v) is 9.25. The van der Waals surface area contributed by atoms with Crippen LogP contribution in [0.5, 0.6) is 0 Å². The first kappa shape index (κ1) is 16.1. The van der Waals surface area contributed by atoms with Gasteiger partial charge in [-0.15, -0.1) is 11.3 Å². The molecule has 0 radical (unpaired) electrons. The molecule has 0 unspecified atom stereocenters. The zero-order chi connectivity index (χ0) is 15.7. The van der Waals surface area contributed by atoms with Gasteiger partial charge in [0.15, 0.2) is 0 Å². The number of thiophene rings is 1. The van der Waals surface area contributed by atoms with Crippen molar-refractivity contribution in [1.82, 2.24) is 4.31 Å². The van der Waals surface area contributed by atoms with E-state index in [2.05, 4.69) is 4.90 Å². The summed E-state index contributed by atoms with van der Waals surface area (Å²) in [4.78, 5) is 2.14. The van der Waals surface area contributed by atoms with Crippen LogP contribution < -0.4 is 4.90 Å². The number of halogens is 2. The van der Waals surface area contributed by atoms with E-state index in [1.165, 1.54) is 4.31 Å². The van der Waals surface area contributed by atoms with E-state index in [0.29, 0.717) is 39.7 Å². The number of anilines is 1. The van der Waals surface area contributed by atoms with Gasteiger partial charge in [0.1, 0.15) is 4.21 Å². The highest BCUT2D eigenvalue weighted by atomic mass is 35.5. The first-order valence-corrected chi connectivity index (χ1v) is 9.74. The first-order chi connectivity index (χ1) is 10.5. The van der Waals surface area contributed by atoms with Crippen molar-refractivity contribution in [3.05, 3.63) is 45.8 Å². The van der Waals surface area contributed by atoms with Gasteiger partial charge in [-0.1, -0.05) is 29.3 Å². The van der Waals surface area contributed by atoms with Crippen LogP contribution in [0.25, 0.3) is 0 Å². The quantitative estimate of drug-likeness (QED) is 0.821. The zero-order valence-electron chi connectivity index (χ0n) is 11.6. The highest BCUT2D eigenvalue weighted by Gasteiger charge is 2.29. The SMILES string of the molecule is O=S(=O)(c1ccc(Cl)s1)N1CCN(c2cccc(Cl)c2)CC1. The summed E-state index contributed by atoms with van der Waals surface area (Å²) in [5.41, 5.74) is 1.02. The second-order valence-electron chi connectivity index (χ2n) is 4.93. The maximum absolute atomic E-state index is 12.5. The third-order valence-electron chi connectivity index (χ3n) is 3.55. The highest BCUT2D eigenvalue weighted by molar-refractivity contribution is 7.91. The Bertz CT molecular complexity index is 769. The molecular weight excluding hydrogens is 363 g/mol. The molecule has 118 valence electrons. The summed E-state index contributed by atoms with van der Waals surface area (Å²) >= 11 is 12.9. The lowest BCUT2D eigenvalue weighted by Gasteiger charge is -2.35. The summed E-state index contributed by atoms with van der Waals surface area (Å²) in [6, 6.07) is 10.8. The van der Waals surface area contributed by atoms with Crippen LogP contribution in [-0.4, -0.2) is 38.9 Å². The molecule has 1 aromatic heterocycles. The molecule has 0 spiro atoms. The Morgan fingerprint density at radius 1 is 1.00 bits per heavy atom. The second kappa shape index (κ2) is 6.37. The van der Waals surface area contributed by atoms with E-state index in [1.54, 1.807) is 12.1 Å². The van der Waals surface area contributed by atoms with Crippen LogP contribution in [0.15, 0.2) is 40.6 Å². The standard InChI is InChI=1S/C14H14Cl2N2O2S2/c15-11-2-1-3-12(10-11)17-6-8-18(9-7-17)22(19,20)14-5-4-13(16)21-14/h1-5,10H,6-9H2. The van der Waals surface area contributed by atoms with Gasteiger partial charge in [-0.05, 0) is 30.3 Å². The Kier molecular flexibility index (Phi) is 4.66. The van der Waals surface area contributed by atoms with Gasteiger partial charge >= 0.3 is 0 Å². The molecule has 0 atom stereocenters. The molecule has 1 aliphatic rings. The van der Waals surface area contributed by atoms with E-state index < -0.39 is 10.0 Å². The van der Waals surface area contributed by atoms with Gasteiger partial charge in [0.2, 0.25) is 0 Å². The van der Waals surface area contributed by atoms with Gasteiger partial charge in [-0.2, -0.15) is 4.31 Å². The van der Waals surface area contributed by atoms with Crippen LogP contribution in [-0.2, 0) is 10.0 Å². The van der Waals surface area contributed by atoms with E-state index in [0.717, 1.165) is 17.0 Å². The van der Waals surface area contributed by atoms with E-state index >= 15 is 0 Å². The number of nitrogens with zero attached hydrogens (tertiary/aromatic N) is 2. The molecule has 22 heavy (non-hydrogen) atoms. The predicted molar refractivity (Wildman–Crippen MR) is 91.8 cm³/mol. The lowest BCUT2D eigenvalue weighted by Crippen LogP contribution is -2.48. The van der Waals surface area contributed by atoms with Crippen molar-refractivity contribution in [2.75, 3.05) is 31.1 Å². The monoisotopic (exact) mass is 376 g/mol. The Hall–Kier alpha value is -0.790. The molecule has 3 rings (SSSR count). The molecule has 8 heteroatoms. The Morgan fingerprint density at radius 2 is 1.73 bits per heavy atom. The number of hydrogen-bond donors (Lipinski definition) is 0. The zero-order valence-corrected chi connectivity index (χ0v) is 14.7. The molecule has 2 heterocycles. The van der Waals surface area contributed by atoms with Crippen LogP contribution in [0.1, 0.15) is 0 Å². The molecule has 1 fully saturated rings. The maximum atomic E-state index is 12.5. The topological polar surface area (TPSA) is 40.6 Å². The number of hydrogen-bond acceptors (Lipinski definition) is 4. The summed E-state index contributed by atoms with van der Waals surface area (Å²) in [6.07, 6.45) is 0. The third kappa shape index (κ3) is 3.26. The summed E-state index contributed by atoms with van der Waals surface area (Å²) in [7, 11) is -3.44. The fraction of sp³-hybridized carbons (Fsp3) is 0.286. The lowest BCUT2D eigenvalue weighted by molar-refractivity contribution is 0.386. The van der Waals surface area contributed by atoms with Crippen LogP contribution >= 0.6 is 34.5 Å². The van der Waals surface area contributed by atoms with Crippen LogP contribution in [0, 0.1) is 0 Å². The number of piperazine rings is 1. The van der Waals surface area contributed by atoms with E-state index in [4.69, 9.17) is 23.2 Å². The maximum Gasteiger partial charge on any atom is 0.252 e. The van der Waals surface area contributed by atoms with Crippen molar-refractivity contribution in [2.24, 2.45) is 0 Å². The van der Waals surface area contributed by atoms with Crippen LogP contribution in [0.3, 0.4) is 0 Å². The fourth-order valence-corrected chi connectivity index (χ4v) is 5.67. The van der Waals surface area contributed by atoms with Gasteiger partial charge in [-0.3, -0.25) is 0 Å². The van der Waals surface area contributed by atoms with Gasteiger partial charge in [-0.25, -0.2) is 8.42 Å². The minimum Gasteiger partial charge on any atom is -0.369 e. The average Bonchev–Trinajstić information content (AvgIpc) is 2.95. The molecule has 1 aliphatic heterocycles. The van der Waals surface area contributed by atoms with Crippen molar-refractivity contribution in [3.63, 3.8) is 0 Å². The van der Waals surface area contributed by atoms with E-state index in [9.17, 15) is 8.42 Å². The summed E-state index contributed by atoms with van der Waals surface area (Å²) < 4.78 is 27.4. The fourth-order valence-electron chi connectivity index (χ4n) is 2.42. The molecule has 0 bridgehead atoms. The molecule has 2 aromatic rings. The van der Waals surface area contributed by atoms with Crippen LogP contribution in [0.4, 0.5) is 5.69 Å². The summed E-state index contributed by atoms with van der Waals surface area (Å²) in [5.74, 6) is 0. The largest absolute Gasteiger partial charge is 0.369 e. The van der Waals surface area contributed by atoms with Crippen LogP contribution in [0.2, 0.25) is 9.36 Å². The molecule has 4 nitrogen and oxygen atoms in total. The molecule has 0 N–H and O–H groups in total. The lowest BCUT2D eigenvalue weighted by atomic mass is 10.2.